The number of nitrogens with zero attached hydrogens (tertiary/aromatic N) is 2. The number of benzene rings is 1. The van der Waals surface area contributed by atoms with Gasteiger partial charge in [0, 0.05) is 18.8 Å². The minimum absolute atomic E-state index is 0.538. The van der Waals surface area contributed by atoms with Gasteiger partial charge in [-0.05, 0) is 30.0 Å². The molecule has 1 aromatic heterocycles. The topological polar surface area (TPSA) is 57.9 Å². The number of anilines is 2. The van der Waals surface area contributed by atoms with Crippen LogP contribution >= 0.6 is 0 Å². The first-order valence-electron chi connectivity index (χ1n) is 6.71. The number of aromatic nitrogens is 2. The maximum absolute atomic E-state index is 5.60. The van der Waals surface area contributed by atoms with Crippen LogP contribution in [0.1, 0.15) is 37.4 Å². The Morgan fingerprint density at radius 1 is 1.32 bits per heavy atom. The minimum Gasteiger partial charge on any atom is -0.382 e. The smallest absolute Gasteiger partial charge is 0.145 e. The van der Waals surface area contributed by atoms with Crippen LogP contribution in [0.15, 0.2) is 30.3 Å². The van der Waals surface area contributed by atoms with Crippen molar-refractivity contribution in [3.63, 3.8) is 0 Å². The van der Waals surface area contributed by atoms with Crippen molar-refractivity contribution < 1.29 is 0 Å². The predicted molar refractivity (Wildman–Crippen MR) is 80.3 cm³/mol. The van der Waals surface area contributed by atoms with E-state index in [2.05, 4.69) is 60.3 Å². The molecule has 4 heteroatoms. The van der Waals surface area contributed by atoms with Gasteiger partial charge in [0.05, 0.1) is 12.2 Å². The molecule has 2 aromatic rings. The fourth-order valence-corrected chi connectivity index (χ4v) is 2.10. The standard InChI is InChI=1S/C15H22N4/c1-4-11(2)12-5-7-14(8-6-12)19(3)10-13-9-15(16)18-17-13/h5-9,11H,4,10H2,1-3H3,(H3,16,17,18). The van der Waals surface area contributed by atoms with Gasteiger partial charge in [-0.3, -0.25) is 5.10 Å². The van der Waals surface area contributed by atoms with Gasteiger partial charge in [-0.1, -0.05) is 26.0 Å². The maximum atomic E-state index is 5.60. The van der Waals surface area contributed by atoms with Gasteiger partial charge in [-0.25, -0.2) is 0 Å². The van der Waals surface area contributed by atoms with E-state index < -0.39 is 0 Å². The van der Waals surface area contributed by atoms with E-state index in [9.17, 15) is 0 Å². The Hall–Kier alpha value is -1.97. The van der Waals surface area contributed by atoms with E-state index in [-0.39, 0.29) is 0 Å². The highest BCUT2D eigenvalue weighted by Gasteiger charge is 2.06. The number of hydrogen-bond acceptors (Lipinski definition) is 3. The monoisotopic (exact) mass is 258 g/mol. The summed E-state index contributed by atoms with van der Waals surface area (Å²) in [5.74, 6) is 1.15. The molecule has 102 valence electrons. The lowest BCUT2D eigenvalue weighted by Gasteiger charge is -2.19. The summed E-state index contributed by atoms with van der Waals surface area (Å²) in [4.78, 5) is 2.17. The Balaban J connectivity index is 2.05. The Morgan fingerprint density at radius 2 is 2.00 bits per heavy atom. The molecule has 0 aliphatic heterocycles. The number of hydrogen-bond donors (Lipinski definition) is 2. The van der Waals surface area contributed by atoms with Gasteiger partial charge in [0.2, 0.25) is 0 Å². The van der Waals surface area contributed by atoms with Gasteiger partial charge in [0.15, 0.2) is 0 Å². The zero-order chi connectivity index (χ0) is 13.8. The summed E-state index contributed by atoms with van der Waals surface area (Å²) >= 11 is 0. The van der Waals surface area contributed by atoms with Crippen LogP contribution in [-0.4, -0.2) is 17.2 Å². The molecule has 1 heterocycles. The summed E-state index contributed by atoms with van der Waals surface area (Å²) < 4.78 is 0. The van der Waals surface area contributed by atoms with Crippen LogP contribution in [0.4, 0.5) is 11.5 Å². The van der Waals surface area contributed by atoms with Crippen molar-refractivity contribution in [2.45, 2.75) is 32.7 Å². The SMILES string of the molecule is CCC(C)c1ccc(N(C)Cc2cc(N)n[nH]2)cc1. The van der Waals surface area contributed by atoms with Crippen LogP contribution in [0, 0.1) is 0 Å². The molecule has 0 aliphatic carbocycles. The van der Waals surface area contributed by atoms with E-state index in [1.54, 1.807) is 0 Å². The fraction of sp³-hybridized carbons (Fsp3) is 0.400. The molecular formula is C15H22N4. The van der Waals surface area contributed by atoms with Crippen molar-refractivity contribution in [3.05, 3.63) is 41.6 Å². The van der Waals surface area contributed by atoms with Crippen molar-refractivity contribution >= 4 is 11.5 Å². The van der Waals surface area contributed by atoms with Gasteiger partial charge in [0.25, 0.3) is 0 Å². The van der Waals surface area contributed by atoms with Crippen molar-refractivity contribution in [2.75, 3.05) is 17.7 Å². The Bertz CT molecular complexity index is 515. The van der Waals surface area contributed by atoms with E-state index >= 15 is 0 Å². The predicted octanol–water partition coefficient (Wildman–Crippen LogP) is 3.14. The second-order valence-electron chi connectivity index (χ2n) is 5.07. The van der Waals surface area contributed by atoms with E-state index in [1.807, 2.05) is 6.07 Å². The zero-order valence-electron chi connectivity index (χ0n) is 11.9. The third kappa shape index (κ3) is 3.28. The van der Waals surface area contributed by atoms with Crippen LogP contribution in [-0.2, 0) is 6.54 Å². The molecule has 2 rings (SSSR count). The molecule has 0 aliphatic rings. The van der Waals surface area contributed by atoms with Gasteiger partial charge >= 0.3 is 0 Å². The second-order valence-corrected chi connectivity index (χ2v) is 5.07. The number of nitrogen functional groups attached to an aromatic ring is 1. The molecule has 19 heavy (non-hydrogen) atoms. The number of nitrogens with two attached hydrogens (primary N) is 1. The Morgan fingerprint density at radius 3 is 2.53 bits per heavy atom. The van der Waals surface area contributed by atoms with Crippen LogP contribution in [0.2, 0.25) is 0 Å². The lowest BCUT2D eigenvalue weighted by atomic mass is 9.98. The highest BCUT2D eigenvalue weighted by atomic mass is 15.2. The van der Waals surface area contributed by atoms with Gasteiger partial charge in [-0.2, -0.15) is 5.10 Å². The van der Waals surface area contributed by atoms with Crippen LogP contribution in [0.3, 0.4) is 0 Å². The first-order valence-corrected chi connectivity index (χ1v) is 6.71. The first-order chi connectivity index (χ1) is 9.10. The van der Waals surface area contributed by atoms with Crippen molar-refractivity contribution in [1.29, 1.82) is 0 Å². The quantitative estimate of drug-likeness (QED) is 0.866. The van der Waals surface area contributed by atoms with E-state index in [4.69, 9.17) is 5.73 Å². The molecule has 0 bridgehead atoms. The Kier molecular flexibility index (Phi) is 4.10. The van der Waals surface area contributed by atoms with Crippen LogP contribution in [0.5, 0.6) is 0 Å². The molecule has 1 atom stereocenters. The highest BCUT2D eigenvalue weighted by Crippen LogP contribution is 2.22. The van der Waals surface area contributed by atoms with Gasteiger partial charge < -0.3 is 10.6 Å². The number of H-pyrrole nitrogens is 1. The Labute approximate surface area is 114 Å². The fourth-order valence-electron chi connectivity index (χ4n) is 2.10. The average molecular weight is 258 g/mol. The molecule has 3 N–H and O–H groups in total. The molecule has 1 aromatic carbocycles. The van der Waals surface area contributed by atoms with Crippen molar-refractivity contribution in [2.24, 2.45) is 0 Å². The van der Waals surface area contributed by atoms with Gasteiger partial charge in [-0.15, -0.1) is 0 Å². The van der Waals surface area contributed by atoms with Crippen LogP contribution < -0.4 is 10.6 Å². The number of aromatic amines is 1. The molecule has 0 spiro atoms. The minimum atomic E-state index is 0.538. The van der Waals surface area contributed by atoms with Crippen LogP contribution in [0.25, 0.3) is 0 Å². The average Bonchev–Trinajstić information content (AvgIpc) is 2.83. The molecule has 1 unspecified atom stereocenters. The summed E-state index contributed by atoms with van der Waals surface area (Å²) in [5, 5.41) is 6.87. The molecule has 0 amide bonds. The summed E-state index contributed by atoms with van der Waals surface area (Å²) in [5.41, 5.74) is 9.21. The summed E-state index contributed by atoms with van der Waals surface area (Å²) in [6, 6.07) is 10.6. The van der Waals surface area contributed by atoms with Gasteiger partial charge in [0.1, 0.15) is 5.82 Å². The molecule has 0 saturated heterocycles. The molecule has 4 nitrogen and oxygen atoms in total. The van der Waals surface area contributed by atoms with Crippen molar-refractivity contribution in [3.8, 4) is 0 Å². The summed E-state index contributed by atoms with van der Waals surface area (Å²) in [6.45, 7) is 5.24. The van der Waals surface area contributed by atoms with E-state index in [0.717, 1.165) is 12.2 Å². The zero-order valence-corrected chi connectivity index (χ0v) is 11.9. The third-order valence-electron chi connectivity index (χ3n) is 3.57. The summed E-state index contributed by atoms with van der Waals surface area (Å²) in [6.07, 6.45) is 1.17. The first kappa shape index (κ1) is 13.5. The van der Waals surface area contributed by atoms with E-state index in [1.165, 1.54) is 17.7 Å². The molecule has 0 radical (unpaired) electrons. The van der Waals surface area contributed by atoms with E-state index in [0.29, 0.717) is 11.7 Å². The lowest BCUT2D eigenvalue weighted by Crippen LogP contribution is -2.16. The number of rotatable bonds is 5. The number of nitrogens with one attached hydrogen (secondary N) is 1. The van der Waals surface area contributed by atoms with Crippen molar-refractivity contribution in [1.82, 2.24) is 10.2 Å². The maximum Gasteiger partial charge on any atom is 0.145 e. The normalized spacial score (nSPS) is 12.4. The third-order valence-corrected chi connectivity index (χ3v) is 3.57. The molecule has 0 fully saturated rings. The summed E-state index contributed by atoms with van der Waals surface area (Å²) in [7, 11) is 2.06. The molecular weight excluding hydrogens is 236 g/mol. The largest absolute Gasteiger partial charge is 0.382 e. The second kappa shape index (κ2) is 5.78. The lowest BCUT2D eigenvalue weighted by molar-refractivity contribution is 0.733. The molecule has 0 saturated carbocycles. The highest BCUT2D eigenvalue weighted by molar-refractivity contribution is 5.48.